The van der Waals surface area contributed by atoms with Gasteiger partial charge in [0.25, 0.3) is 0 Å². The fourth-order valence-electron chi connectivity index (χ4n) is 2.09. The van der Waals surface area contributed by atoms with Gasteiger partial charge in [-0.1, -0.05) is 26.7 Å². The Morgan fingerprint density at radius 2 is 1.70 bits per heavy atom. The SMILES string of the molecule is CC(C)C(NC(CCCCCO)C(F)(F)F)C(=O)OC(C)(C)C. The number of halogens is 3. The fourth-order valence-corrected chi connectivity index (χ4v) is 2.09. The molecule has 0 heterocycles. The second-order valence-electron chi connectivity index (χ2n) is 7.09. The van der Waals surface area contributed by atoms with E-state index in [2.05, 4.69) is 5.32 Å². The van der Waals surface area contributed by atoms with Gasteiger partial charge >= 0.3 is 12.1 Å². The van der Waals surface area contributed by atoms with E-state index in [0.717, 1.165) is 0 Å². The maximum absolute atomic E-state index is 13.2. The zero-order valence-electron chi connectivity index (χ0n) is 14.7. The number of aliphatic hydroxyl groups is 1. The van der Waals surface area contributed by atoms with E-state index in [1.54, 1.807) is 34.6 Å². The number of rotatable bonds is 9. The molecule has 138 valence electrons. The first-order valence-corrected chi connectivity index (χ1v) is 8.05. The standard InChI is InChI=1S/C16H30F3NO3/c1-11(2)13(14(22)23-15(3,4)5)20-12(16(17,18)19)9-7-6-8-10-21/h11-13,20-21H,6-10H2,1-5H3. The lowest BCUT2D eigenvalue weighted by Crippen LogP contribution is -2.53. The number of carbonyl (C=O) groups is 1. The van der Waals surface area contributed by atoms with E-state index in [-0.39, 0.29) is 18.9 Å². The number of hydrogen-bond acceptors (Lipinski definition) is 4. The molecule has 0 aromatic rings. The monoisotopic (exact) mass is 341 g/mol. The molecule has 7 heteroatoms. The average molecular weight is 341 g/mol. The zero-order valence-corrected chi connectivity index (χ0v) is 14.7. The predicted octanol–water partition coefficient (Wildman–Crippen LogP) is 3.43. The number of unbranched alkanes of at least 4 members (excludes halogenated alkanes) is 2. The van der Waals surface area contributed by atoms with Gasteiger partial charge < -0.3 is 9.84 Å². The van der Waals surface area contributed by atoms with Crippen LogP contribution in [0.4, 0.5) is 13.2 Å². The first-order chi connectivity index (χ1) is 10.4. The van der Waals surface area contributed by atoms with Gasteiger partial charge in [0.2, 0.25) is 0 Å². The van der Waals surface area contributed by atoms with E-state index < -0.39 is 29.8 Å². The molecule has 4 nitrogen and oxygen atoms in total. The van der Waals surface area contributed by atoms with Crippen LogP contribution >= 0.6 is 0 Å². The molecule has 0 bridgehead atoms. The number of alkyl halides is 3. The molecular weight excluding hydrogens is 311 g/mol. The van der Waals surface area contributed by atoms with Crippen molar-refractivity contribution in [1.82, 2.24) is 5.32 Å². The molecule has 0 amide bonds. The van der Waals surface area contributed by atoms with Gasteiger partial charge in [0.15, 0.2) is 0 Å². The summed E-state index contributed by atoms with van der Waals surface area (Å²) in [6.07, 6.45) is -3.24. The van der Waals surface area contributed by atoms with E-state index in [1.165, 1.54) is 0 Å². The van der Waals surface area contributed by atoms with E-state index >= 15 is 0 Å². The van der Waals surface area contributed by atoms with Crippen LogP contribution in [0.5, 0.6) is 0 Å². The lowest BCUT2D eigenvalue weighted by Gasteiger charge is -2.31. The van der Waals surface area contributed by atoms with Gasteiger partial charge in [-0.15, -0.1) is 0 Å². The number of esters is 1. The minimum absolute atomic E-state index is 0.0311. The molecule has 0 aliphatic heterocycles. The van der Waals surface area contributed by atoms with E-state index in [0.29, 0.717) is 19.3 Å². The maximum atomic E-state index is 13.2. The molecule has 2 unspecified atom stereocenters. The molecule has 2 atom stereocenters. The van der Waals surface area contributed by atoms with Crippen LogP contribution < -0.4 is 5.32 Å². The summed E-state index contributed by atoms with van der Waals surface area (Å²) in [5.74, 6) is -0.996. The highest BCUT2D eigenvalue weighted by atomic mass is 19.4. The van der Waals surface area contributed by atoms with Gasteiger partial charge in [-0.2, -0.15) is 13.2 Å². The van der Waals surface area contributed by atoms with E-state index in [1.807, 2.05) is 0 Å². The number of nitrogens with one attached hydrogen (secondary N) is 1. The van der Waals surface area contributed by atoms with Crippen molar-refractivity contribution >= 4 is 5.97 Å². The summed E-state index contributed by atoms with van der Waals surface area (Å²) in [6.45, 7) is 8.37. The Morgan fingerprint density at radius 3 is 2.09 bits per heavy atom. The molecule has 2 N–H and O–H groups in total. The van der Waals surface area contributed by atoms with Crippen molar-refractivity contribution < 1.29 is 27.8 Å². The Morgan fingerprint density at radius 1 is 1.13 bits per heavy atom. The Labute approximate surface area is 136 Å². The Kier molecular flexibility index (Phi) is 9.13. The molecular formula is C16H30F3NO3. The summed E-state index contributed by atoms with van der Waals surface area (Å²) < 4.78 is 44.8. The van der Waals surface area contributed by atoms with Gasteiger partial charge in [-0.25, -0.2) is 0 Å². The Balaban J connectivity index is 4.90. The molecule has 0 spiro atoms. The smallest absolute Gasteiger partial charge is 0.403 e. The summed E-state index contributed by atoms with van der Waals surface area (Å²) in [5, 5.41) is 11.1. The summed E-state index contributed by atoms with van der Waals surface area (Å²) >= 11 is 0. The molecule has 0 aromatic heterocycles. The quantitative estimate of drug-likeness (QED) is 0.498. The third-order valence-electron chi connectivity index (χ3n) is 3.25. The first-order valence-electron chi connectivity index (χ1n) is 8.05. The lowest BCUT2D eigenvalue weighted by molar-refractivity contribution is -0.170. The Hall–Kier alpha value is -0.820. The second-order valence-corrected chi connectivity index (χ2v) is 7.09. The van der Waals surface area contributed by atoms with Crippen molar-refractivity contribution in [3.63, 3.8) is 0 Å². The van der Waals surface area contributed by atoms with Crippen LogP contribution in [-0.2, 0) is 9.53 Å². The van der Waals surface area contributed by atoms with Crippen LogP contribution in [0.15, 0.2) is 0 Å². The number of hydrogen-bond donors (Lipinski definition) is 2. The number of ether oxygens (including phenoxy) is 1. The Bertz CT molecular complexity index is 351. The largest absolute Gasteiger partial charge is 0.459 e. The third kappa shape index (κ3) is 9.81. The topological polar surface area (TPSA) is 58.6 Å². The number of carbonyl (C=O) groups excluding carboxylic acids is 1. The van der Waals surface area contributed by atoms with Crippen LogP contribution in [0.1, 0.15) is 60.3 Å². The molecule has 0 saturated heterocycles. The molecule has 0 radical (unpaired) electrons. The summed E-state index contributed by atoms with van der Waals surface area (Å²) in [5.41, 5.74) is -0.749. The van der Waals surface area contributed by atoms with Gasteiger partial charge in [0.1, 0.15) is 17.7 Å². The maximum Gasteiger partial charge on any atom is 0.403 e. The summed E-state index contributed by atoms with van der Waals surface area (Å²) in [6, 6.07) is -2.78. The van der Waals surface area contributed by atoms with Crippen LogP contribution in [0.2, 0.25) is 0 Å². The van der Waals surface area contributed by atoms with E-state index in [9.17, 15) is 18.0 Å². The van der Waals surface area contributed by atoms with Crippen LogP contribution in [0, 0.1) is 5.92 Å². The fraction of sp³-hybridized carbons (Fsp3) is 0.938. The molecule has 0 aromatic carbocycles. The molecule has 23 heavy (non-hydrogen) atoms. The highest BCUT2D eigenvalue weighted by Gasteiger charge is 2.42. The normalized spacial score (nSPS) is 15.6. The molecule has 0 rings (SSSR count). The first kappa shape index (κ1) is 22.2. The highest BCUT2D eigenvalue weighted by Crippen LogP contribution is 2.26. The molecule has 0 fully saturated rings. The van der Waals surface area contributed by atoms with Gasteiger partial charge in [-0.3, -0.25) is 10.1 Å². The molecule has 0 aliphatic carbocycles. The number of aliphatic hydroxyl groups excluding tert-OH is 1. The van der Waals surface area contributed by atoms with Crippen LogP contribution in [0.25, 0.3) is 0 Å². The lowest BCUT2D eigenvalue weighted by atomic mass is 10.0. The van der Waals surface area contributed by atoms with Crippen LogP contribution in [0.3, 0.4) is 0 Å². The minimum atomic E-state index is -4.44. The highest BCUT2D eigenvalue weighted by molar-refractivity contribution is 5.76. The van der Waals surface area contributed by atoms with Gasteiger partial charge in [0.05, 0.1) is 0 Å². The average Bonchev–Trinajstić information content (AvgIpc) is 2.33. The summed E-state index contributed by atoms with van der Waals surface area (Å²) in [4.78, 5) is 12.2. The molecule has 0 aliphatic rings. The van der Waals surface area contributed by atoms with Crippen molar-refractivity contribution in [2.45, 2.75) is 84.2 Å². The van der Waals surface area contributed by atoms with Crippen LogP contribution in [-0.4, -0.2) is 41.5 Å². The van der Waals surface area contributed by atoms with Gasteiger partial charge in [0, 0.05) is 6.61 Å². The summed E-state index contributed by atoms with van der Waals surface area (Å²) in [7, 11) is 0. The van der Waals surface area contributed by atoms with E-state index in [4.69, 9.17) is 9.84 Å². The van der Waals surface area contributed by atoms with Crippen molar-refractivity contribution in [2.24, 2.45) is 5.92 Å². The van der Waals surface area contributed by atoms with Crippen molar-refractivity contribution in [3.8, 4) is 0 Å². The zero-order chi connectivity index (χ0) is 18.3. The van der Waals surface area contributed by atoms with Crippen molar-refractivity contribution in [1.29, 1.82) is 0 Å². The molecule has 0 saturated carbocycles. The predicted molar refractivity (Wildman–Crippen MR) is 83.0 cm³/mol. The van der Waals surface area contributed by atoms with Crippen molar-refractivity contribution in [2.75, 3.05) is 6.61 Å². The second kappa shape index (κ2) is 9.47. The van der Waals surface area contributed by atoms with Crippen molar-refractivity contribution in [3.05, 3.63) is 0 Å². The third-order valence-corrected chi connectivity index (χ3v) is 3.25. The minimum Gasteiger partial charge on any atom is -0.459 e. The van der Waals surface area contributed by atoms with Gasteiger partial charge in [-0.05, 0) is 39.5 Å².